The van der Waals surface area contributed by atoms with Crippen molar-refractivity contribution in [1.29, 1.82) is 0 Å². The zero-order valence-corrected chi connectivity index (χ0v) is 18.8. The number of carboxylic acid groups (broad SMARTS) is 3. The summed E-state index contributed by atoms with van der Waals surface area (Å²) in [6.45, 7) is 3.39. The number of aliphatic carboxylic acids is 3. The van der Waals surface area contributed by atoms with Gasteiger partial charge in [0.2, 0.25) is 23.6 Å². The van der Waals surface area contributed by atoms with Crippen LogP contribution in [0.15, 0.2) is 0 Å². The van der Waals surface area contributed by atoms with Gasteiger partial charge in [0, 0.05) is 6.42 Å². The van der Waals surface area contributed by atoms with Gasteiger partial charge in [0.1, 0.15) is 18.1 Å². The number of hydrogen-bond donors (Lipinski definition) is 8. The van der Waals surface area contributed by atoms with E-state index in [0.29, 0.717) is 0 Å². The lowest BCUT2D eigenvalue weighted by atomic mass is 10.0. The first kappa shape index (κ1) is 30.2. The van der Waals surface area contributed by atoms with Crippen molar-refractivity contribution in [3.05, 3.63) is 0 Å². The van der Waals surface area contributed by atoms with Crippen molar-refractivity contribution >= 4 is 41.5 Å². The lowest BCUT2D eigenvalue weighted by Crippen LogP contribution is -2.58. The molecule has 0 aromatic carbocycles. The van der Waals surface area contributed by atoms with Crippen LogP contribution in [-0.4, -0.2) is 81.0 Å². The molecule has 4 amide bonds. The molecule has 0 saturated carbocycles. The van der Waals surface area contributed by atoms with Gasteiger partial charge in [-0.15, -0.1) is 0 Å². The second-order valence-electron chi connectivity index (χ2n) is 7.96. The molecule has 10 N–H and O–H groups in total. The fourth-order valence-corrected chi connectivity index (χ4v) is 2.72. The van der Waals surface area contributed by atoms with E-state index in [1.54, 1.807) is 13.8 Å². The van der Waals surface area contributed by atoms with Gasteiger partial charge in [-0.2, -0.15) is 0 Å². The van der Waals surface area contributed by atoms with Crippen molar-refractivity contribution in [2.45, 2.75) is 70.1 Å². The minimum absolute atomic E-state index is 0.00630. The zero-order chi connectivity index (χ0) is 26.6. The number of nitrogens with two attached hydrogens (primary N) is 2. The molecule has 0 aliphatic heterocycles. The molecule has 15 nitrogen and oxygen atoms in total. The van der Waals surface area contributed by atoms with Crippen LogP contribution in [0.5, 0.6) is 0 Å². The minimum atomic E-state index is -1.66. The van der Waals surface area contributed by atoms with Crippen LogP contribution in [0.25, 0.3) is 0 Å². The summed E-state index contributed by atoms with van der Waals surface area (Å²) in [5.41, 5.74) is 10.5. The summed E-state index contributed by atoms with van der Waals surface area (Å²) < 4.78 is 0. The van der Waals surface area contributed by atoms with Crippen LogP contribution in [0, 0.1) is 5.92 Å². The Morgan fingerprint density at radius 2 is 1.24 bits per heavy atom. The van der Waals surface area contributed by atoms with Crippen LogP contribution in [-0.2, 0) is 33.6 Å². The summed E-state index contributed by atoms with van der Waals surface area (Å²) in [4.78, 5) is 81.6. The van der Waals surface area contributed by atoms with Crippen molar-refractivity contribution in [2.24, 2.45) is 17.4 Å². The monoisotopic (exact) mass is 489 g/mol. The summed E-state index contributed by atoms with van der Waals surface area (Å²) in [6.07, 6.45) is -2.27. The minimum Gasteiger partial charge on any atom is -0.481 e. The highest BCUT2D eigenvalue weighted by Gasteiger charge is 2.32. The van der Waals surface area contributed by atoms with E-state index in [4.69, 9.17) is 26.8 Å². The van der Waals surface area contributed by atoms with Gasteiger partial charge in [-0.3, -0.25) is 28.8 Å². The van der Waals surface area contributed by atoms with Gasteiger partial charge in [-0.1, -0.05) is 13.8 Å². The van der Waals surface area contributed by atoms with E-state index >= 15 is 0 Å². The predicted molar refractivity (Wildman–Crippen MR) is 114 cm³/mol. The van der Waals surface area contributed by atoms with Gasteiger partial charge in [-0.05, 0) is 18.8 Å². The summed E-state index contributed by atoms with van der Waals surface area (Å²) in [7, 11) is 0. The average molecular weight is 489 g/mol. The molecule has 0 aromatic heterocycles. The number of carboxylic acids is 3. The highest BCUT2D eigenvalue weighted by Crippen LogP contribution is 2.08. The van der Waals surface area contributed by atoms with Crippen molar-refractivity contribution in [1.82, 2.24) is 16.0 Å². The van der Waals surface area contributed by atoms with E-state index in [2.05, 4.69) is 16.0 Å². The normalized spacial score (nSPS) is 14.2. The molecule has 0 radical (unpaired) electrons. The molecule has 0 bridgehead atoms. The highest BCUT2D eigenvalue weighted by molar-refractivity contribution is 5.96. The van der Waals surface area contributed by atoms with Crippen LogP contribution >= 0.6 is 0 Å². The van der Waals surface area contributed by atoms with Crippen LogP contribution in [0.3, 0.4) is 0 Å². The Labute approximate surface area is 194 Å². The quantitative estimate of drug-likeness (QED) is 0.109. The second-order valence-corrected chi connectivity index (χ2v) is 7.96. The van der Waals surface area contributed by atoms with Gasteiger partial charge in [0.15, 0.2) is 0 Å². The molecule has 0 fully saturated rings. The summed E-state index contributed by atoms with van der Waals surface area (Å²) in [5, 5.41) is 33.4. The van der Waals surface area contributed by atoms with Crippen molar-refractivity contribution < 1.29 is 48.9 Å². The molecule has 192 valence electrons. The SMILES string of the molecule is CC(C)CC(NC(=O)C(CC(=O)O)NC(=O)C(N)CCC(=O)O)C(=O)NC(CC(N)=O)C(=O)O. The van der Waals surface area contributed by atoms with E-state index in [1.165, 1.54) is 0 Å². The number of nitrogens with one attached hydrogen (secondary N) is 3. The Morgan fingerprint density at radius 1 is 0.735 bits per heavy atom. The van der Waals surface area contributed by atoms with Gasteiger partial charge in [0.05, 0.1) is 18.9 Å². The molecule has 0 spiro atoms. The van der Waals surface area contributed by atoms with Crippen LogP contribution in [0.4, 0.5) is 0 Å². The average Bonchev–Trinajstić information content (AvgIpc) is 2.68. The second kappa shape index (κ2) is 14.4. The smallest absolute Gasteiger partial charge is 0.326 e. The first-order valence-electron chi connectivity index (χ1n) is 10.2. The molecule has 0 aliphatic carbocycles. The number of carbonyl (C=O) groups is 7. The Bertz CT molecular complexity index is 800. The van der Waals surface area contributed by atoms with Crippen LogP contribution < -0.4 is 27.4 Å². The van der Waals surface area contributed by atoms with Gasteiger partial charge in [0.25, 0.3) is 0 Å². The largest absolute Gasteiger partial charge is 0.481 e. The predicted octanol–water partition coefficient (Wildman–Crippen LogP) is -2.89. The van der Waals surface area contributed by atoms with Gasteiger partial charge >= 0.3 is 17.9 Å². The topological polar surface area (TPSA) is 268 Å². The van der Waals surface area contributed by atoms with Crippen molar-refractivity contribution in [2.75, 3.05) is 0 Å². The lowest BCUT2D eigenvalue weighted by molar-refractivity contribution is -0.144. The first-order valence-corrected chi connectivity index (χ1v) is 10.2. The Morgan fingerprint density at radius 3 is 1.68 bits per heavy atom. The van der Waals surface area contributed by atoms with E-state index in [9.17, 15) is 33.6 Å². The number of carbonyl (C=O) groups excluding carboxylic acids is 4. The van der Waals surface area contributed by atoms with Gasteiger partial charge < -0.3 is 42.7 Å². The maximum absolute atomic E-state index is 12.7. The maximum Gasteiger partial charge on any atom is 0.326 e. The molecule has 0 saturated heterocycles. The third-order valence-electron chi connectivity index (χ3n) is 4.38. The van der Waals surface area contributed by atoms with Crippen molar-refractivity contribution in [3.63, 3.8) is 0 Å². The lowest BCUT2D eigenvalue weighted by Gasteiger charge is -2.25. The van der Waals surface area contributed by atoms with Gasteiger partial charge in [-0.25, -0.2) is 4.79 Å². The fraction of sp³-hybridized carbons (Fsp3) is 0.632. The Balaban J connectivity index is 5.52. The number of primary amides is 1. The fourth-order valence-electron chi connectivity index (χ4n) is 2.72. The summed E-state index contributed by atoms with van der Waals surface area (Å²) in [6, 6.07) is -5.99. The molecular formula is C19H31N5O10. The molecule has 4 unspecified atom stereocenters. The molecule has 0 rings (SSSR count). The summed E-state index contributed by atoms with van der Waals surface area (Å²) >= 11 is 0. The van der Waals surface area contributed by atoms with Crippen LogP contribution in [0.2, 0.25) is 0 Å². The Kier molecular flexibility index (Phi) is 12.8. The summed E-state index contributed by atoms with van der Waals surface area (Å²) in [5.74, 6) is -8.38. The van der Waals surface area contributed by atoms with E-state index in [-0.39, 0.29) is 18.8 Å². The molecule has 0 aromatic rings. The Hall–Kier alpha value is -3.75. The van der Waals surface area contributed by atoms with E-state index in [1.807, 2.05) is 0 Å². The number of amides is 4. The molecule has 0 aliphatic rings. The third kappa shape index (κ3) is 12.3. The molecule has 0 heterocycles. The zero-order valence-electron chi connectivity index (χ0n) is 18.8. The standard InChI is InChI=1S/C19H31N5O10/c1-8(2)5-10(17(31)24-12(19(33)34)6-13(21)25)23-18(32)11(7-15(28)29)22-16(30)9(20)3-4-14(26)27/h8-12H,3-7,20H2,1-2H3,(H2,21,25)(H,22,30)(H,23,32)(H,24,31)(H,26,27)(H,28,29)(H,33,34). The number of hydrogen-bond acceptors (Lipinski definition) is 8. The molecule has 15 heteroatoms. The van der Waals surface area contributed by atoms with E-state index < -0.39 is 85.0 Å². The number of rotatable bonds is 16. The molecule has 34 heavy (non-hydrogen) atoms. The molecule has 4 atom stereocenters. The van der Waals surface area contributed by atoms with E-state index in [0.717, 1.165) is 0 Å². The highest BCUT2D eigenvalue weighted by atomic mass is 16.4. The maximum atomic E-state index is 12.7. The first-order chi connectivity index (χ1) is 15.6. The van der Waals surface area contributed by atoms with Crippen molar-refractivity contribution in [3.8, 4) is 0 Å². The molecular weight excluding hydrogens is 458 g/mol. The third-order valence-corrected chi connectivity index (χ3v) is 4.38. The van der Waals surface area contributed by atoms with Crippen LogP contribution in [0.1, 0.15) is 46.0 Å².